The number of rotatable bonds is 4. The van der Waals surface area contributed by atoms with Crippen molar-refractivity contribution in [2.75, 3.05) is 32.7 Å². The SMILES string of the molecule is CC(C)(C)OC(=O)CN1CCN(S(=O)(=O)c2c(Cl)cccc2Cl)CC1. The fourth-order valence-corrected chi connectivity index (χ4v) is 5.06. The molecule has 0 atom stereocenters. The van der Waals surface area contributed by atoms with Gasteiger partial charge in [-0.3, -0.25) is 9.69 Å². The molecule has 1 aromatic carbocycles. The van der Waals surface area contributed by atoms with Gasteiger partial charge < -0.3 is 4.74 Å². The zero-order valence-electron chi connectivity index (χ0n) is 14.5. The van der Waals surface area contributed by atoms with E-state index in [0.29, 0.717) is 13.1 Å². The maximum absolute atomic E-state index is 12.8. The first-order chi connectivity index (χ1) is 11.5. The van der Waals surface area contributed by atoms with E-state index < -0.39 is 15.6 Å². The largest absolute Gasteiger partial charge is 0.459 e. The normalized spacial score (nSPS) is 17.5. The number of halogens is 2. The summed E-state index contributed by atoms with van der Waals surface area (Å²) in [4.78, 5) is 13.7. The molecule has 6 nitrogen and oxygen atoms in total. The molecule has 0 spiro atoms. The molecule has 0 N–H and O–H groups in total. The summed E-state index contributed by atoms with van der Waals surface area (Å²) in [5, 5.41) is 0.201. The topological polar surface area (TPSA) is 66.9 Å². The van der Waals surface area contributed by atoms with E-state index in [1.54, 1.807) is 6.07 Å². The fraction of sp³-hybridized carbons (Fsp3) is 0.562. The number of benzene rings is 1. The van der Waals surface area contributed by atoms with Crippen LogP contribution in [-0.4, -0.2) is 61.9 Å². The van der Waals surface area contributed by atoms with Gasteiger partial charge in [-0.15, -0.1) is 0 Å². The van der Waals surface area contributed by atoms with Crippen molar-refractivity contribution < 1.29 is 17.9 Å². The van der Waals surface area contributed by atoms with Crippen LogP contribution in [0.3, 0.4) is 0 Å². The number of ether oxygens (including phenoxy) is 1. The number of sulfonamides is 1. The second-order valence-corrected chi connectivity index (χ2v) is 9.51. The number of carbonyl (C=O) groups excluding carboxylic acids is 1. The van der Waals surface area contributed by atoms with E-state index in [0.717, 1.165) is 0 Å². The predicted octanol–water partition coefficient (Wildman–Crippen LogP) is 2.64. The van der Waals surface area contributed by atoms with E-state index in [-0.39, 0.29) is 40.5 Å². The Bertz CT molecular complexity index is 719. The molecule has 0 unspecified atom stereocenters. The van der Waals surface area contributed by atoms with Gasteiger partial charge in [0, 0.05) is 26.2 Å². The molecule has 1 saturated heterocycles. The van der Waals surface area contributed by atoms with Crippen LogP contribution < -0.4 is 0 Å². The Morgan fingerprint density at radius 1 is 1.12 bits per heavy atom. The van der Waals surface area contributed by atoms with Crippen molar-refractivity contribution in [1.82, 2.24) is 9.21 Å². The summed E-state index contributed by atoms with van der Waals surface area (Å²) in [5.41, 5.74) is -0.539. The zero-order valence-corrected chi connectivity index (χ0v) is 16.8. The van der Waals surface area contributed by atoms with Crippen LogP contribution in [0.2, 0.25) is 10.0 Å². The minimum absolute atomic E-state index is 0.0704. The predicted molar refractivity (Wildman–Crippen MR) is 97.5 cm³/mol. The van der Waals surface area contributed by atoms with E-state index in [2.05, 4.69) is 0 Å². The van der Waals surface area contributed by atoms with Gasteiger partial charge in [-0.05, 0) is 32.9 Å². The Kier molecular flexibility index (Phi) is 6.38. The molecule has 1 fully saturated rings. The van der Waals surface area contributed by atoms with Crippen molar-refractivity contribution in [3.05, 3.63) is 28.2 Å². The molecule has 9 heteroatoms. The lowest BCUT2D eigenvalue weighted by Gasteiger charge is -2.34. The standard InChI is InChI=1S/C16H22Cl2N2O4S/c1-16(2,3)24-14(21)11-19-7-9-20(10-8-19)25(22,23)15-12(17)5-4-6-13(15)18/h4-6H,7-11H2,1-3H3. The summed E-state index contributed by atoms with van der Waals surface area (Å²) < 4.78 is 32.2. The molecule has 0 aliphatic carbocycles. The summed E-state index contributed by atoms with van der Waals surface area (Å²) in [6.45, 7) is 6.94. The minimum atomic E-state index is -3.78. The quantitative estimate of drug-likeness (QED) is 0.716. The van der Waals surface area contributed by atoms with Crippen LogP contribution in [0.5, 0.6) is 0 Å². The van der Waals surface area contributed by atoms with E-state index >= 15 is 0 Å². The third-order valence-corrected chi connectivity index (χ3v) is 6.48. The Labute approximate surface area is 158 Å². The first kappa shape index (κ1) is 20.5. The molecule has 2 rings (SSSR count). The van der Waals surface area contributed by atoms with Crippen LogP contribution in [-0.2, 0) is 19.6 Å². The average Bonchev–Trinajstić information content (AvgIpc) is 2.45. The fourth-order valence-electron chi connectivity index (χ4n) is 2.54. The Morgan fingerprint density at radius 3 is 2.12 bits per heavy atom. The highest BCUT2D eigenvalue weighted by Crippen LogP contribution is 2.31. The van der Waals surface area contributed by atoms with Gasteiger partial charge in [0.25, 0.3) is 0 Å². The van der Waals surface area contributed by atoms with Crippen LogP contribution in [0.25, 0.3) is 0 Å². The molecular weight excluding hydrogens is 387 g/mol. The summed E-state index contributed by atoms with van der Waals surface area (Å²) in [7, 11) is -3.78. The van der Waals surface area contributed by atoms with E-state index in [4.69, 9.17) is 27.9 Å². The van der Waals surface area contributed by atoms with Gasteiger partial charge >= 0.3 is 5.97 Å². The first-order valence-electron chi connectivity index (χ1n) is 7.89. The van der Waals surface area contributed by atoms with Gasteiger partial charge in [-0.1, -0.05) is 29.3 Å². The summed E-state index contributed by atoms with van der Waals surface area (Å²) in [5.74, 6) is -0.321. The number of esters is 1. The minimum Gasteiger partial charge on any atom is -0.459 e. The van der Waals surface area contributed by atoms with Crippen LogP contribution in [0, 0.1) is 0 Å². The molecule has 1 aromatic rings. The summed E-state index contributed by atoms with van der Waals surface area (Å²) in [6.07, 6.45) is 0. The molecule has 0 radical (unpaired) electrons. The molecule has 1 heterocycles. The number of hydrogen-bond acceptors (Lipinski definition) is 5. The van der Waals surface area contributed by atoms with Crippen LogP contribution >= 0.6 is 23.2 Å². The summed E-state index contributed by atoms with van der Waals surface area (Å²) >= 11 is 12.1. The Balaban J connectivity index is 2.01. The highest BCUT2D eigenvalue weighted by Gasteiger charge is 2.32. The van der Waals surface area contributed by atoms with Crippen molar-refractivity contribution >= 4 is 39.2 Å². The molecule has 0 bridgehead atoms. The van der Waals surface area contributed by atoms with Gasteiger partial charge in [0.15, 0.2) is 0 Å². The lowest BCUT2D eigenvalue weighted by molar-refractivity contribution is -0.156. The number of carbonyl (C=O) groups is 1. The molecular formula is C16H22Cl2N2O4S. The third-order valence-electron chi connectivity index (χ3n) is 3.62. The smallest absolute Gasteiger partial charge is 0.320 e. The highest BCUT2D eigenvalue weighted by molar-refractivity contribution is 7.89. The van der Waals surface area contributed by atoms with Crippen molar-refractivity contribution in [3.8, 4) is 0 Å². The third kappa shape index (κ3) is 5.31. The number of hydrogen-bond donors (Lipinski definition) is 0. The molecule has 1 aliphatic heterocycles. The molecule has 1 aliphatic rings. The van der Waals surface area contributed by atoms with Gasteiger partial charge in [0.05, 0.1) is 16.6 Å². The lowest BCUT2D eigenvalue weighted by Crippen LogP contribution is -2.50. The zero-order chi connectivity index (χ0) is 18.8. The molecule has 0 aromatic heterocycles. The van der Waals surface area contributed by atoms with Crippen molar-refractivity contribution in [3.63, 3.8) is 0 Å². The van der Waals surface area contributed by atoms with E-state index in [9.17, 15) is 13.2 Å². The monoisotopic (exact) mass is 408 g/mol. The van der Waals surface area contributed by atoms with Crippen molar-refractivity contribution in [1.29, 1.82) is 0 Å². The maximum atomic E-state index is 12.8. The molecule has 0 amide bonds. The Hall–Kier alpha value is -0.860. The number of piperazine rings is 1. The summed E-state index contributed by atoms with van der Waals surface area (Å²) in [6, 6.07) is 4.60. The van der Waals surface area contributed by atoms with E-state index in [1.165, 1.54) is 16.4 Å². The van der Waals surface area contributed by atoms with Crippen LogP contribution in [0.4, 0.5) is 0 Å². The second-order valence-electron chi connectivity index (χ2n) is 6.82. The second kappa shape index (κ2) is 7.80. The lowest BCUT2D eigenvalue weighted by atomic mass is 10.2. The van der Waals surface area contributed by atoms with Gasteiger partial charge in [0.2, 0.25) is 10.0 Å². The van der Waals surface area contributed by atoms with Gasteiger partial charge in [0.1, 0.15) is 10.5 Å². The van der Waals surface area contributed by atoms with E-state index in [1.807, 2.05) is 25.7 Å². The first-order valence-corrected chi connectivity index (χ1v) is 10.1. The van der Waals surface area contributed by atoms with Crippen LogP contribution in [0.15, 0.2) is 23.1 Å². The molecule has 0 saturated carbocycles. The average molecular weight is 409 g/mol. The maximum Gasteiger partial charge on any atom is 0.320 e. The van der Waals surface area contributed by atoms with Crippen molar-refractivity contribution in [2.45, 2.75) is 31.3 Å². The molecule has 140 valence electrons. The molecule has 25 heavy (non-hydrogen) atoms. The van der Waals surface area contributed by atoms with Crippen molar-refractivity contribution in [2.24, 2.45) is 0 Å². The van der Waals surface area contributed by atoms with Crippen LogP contribution in [0.1, 0.15) is 20.8 Å². The van der Waals surface area contributed by atoms with Gasteiger partial charge in [-0.2, -0.15) is 4.31 Å². The van der Waals surface area contributed by atoms with Gasteiger partial charge in [-0.25, -0.2) is 8.42 Å². The number of nitrogens with zero attached hydrogens (tertiary/aromatic N) is 2. The highest BCUT2D eigenvalue weighted by atomic mass is 35.5. The Morgan fingerprint density at radius 2 is 1.64 bits per heavy atom.